The molecule has 0 saturated heterocycles. The lowest BCUT2D eigenvalue weighted by atomic mass is 10.2. The highest BCUT2D eigenvalue weighted by atomic mass is 79.9. The number of methoxy groups -OCH3 is 1. The molecule has 2 heterocycles. The molecule has 0 amide bonds. The standard InChI is InChI=1S/C19H19BrN2O2S/c1-23-18-9-15(11-22-12-16-5-3-7-25-16)8-17(20)19(18)24-13-14-4-2-6-21-10-14/h2-10,22H,11-13H2,1H3. The number of pyridine rings is 1. The number of nitrogens with zero attached hydrogens (tertiary/aromatic N) is 1. The Hall–Kier alpha value is -1.89. The van der Waals surface area contributed by atoms with E-state index < -0.39 is 0 Å². The van der Waals surface area contributed by atoms with Crippen molar-refractivity contribution in [2.75, 3.05) is 7.11 Å². The second kappa shape index (κ2) is 8.99. The van der Waals surface area contributed by atoms with Crippen molar-refractivity contribution in [3.05, 3.63) is 74.6 Å². The molecule has 0 saturated carbocycles. The van der Waals surface area contributed by atoms with E-state index in [1.165, 1.54) is 4.88 Å². The van der Waals surface area contributed by atoms with E-state index in [4.69, 9.17) is 9.47 Å². The lowest BCUT2D eigenvalue weighted by molar-refractivity contribution is 0.282. The highest BCUT2D eigenvalue weighted by Gasteiger charge is 2.12. The Morgan fingerprint density at radius 1 is 1.16 bits per heavy atom. The van der Waals surface area contributed by atoms with Gasteiger partial charge in [-0.25, -0.2) is 0 Å². The molecule has 130 valence electrons. The molecular weight excluding hydrogens is 400 g/mol. The molecule has 4 nitrogen and oxygen atoms in total. The van der Waals surface area contributed by atoms with Gasteiger partial charge in [0.1, 0.15) is 6.61 Å². The van der Waals surface area contributed by atoms with Gasteiger partial charge in [0.15, 0.2) is 11.5 Å². The zero-order valence-electron chi connectivity index (χ0n) is 13.9. The maximum Gasteiger partial charge on any atom is 0.175 e. The van der Waals surface area contributed by atoms with Crippen LogP contribution in [0.25, 0.3) is 0 Å². The minimum Gasteiger partial charge on any atom is -0.493 e. The van der Waals surface area contributed by atoms with Gasteiger partial charge in [-0.1, -0.05) is 12.1 Å². The van der Waals surface area contributed by atoms with Crippen LogP contribution in [0.1, 0.15) is 16.0 Å². The van der Waals surface area contributed by atoms with Crippen molar-refractivity contribution in [3.8, 4) is 11.5 Å². The quantitative estimate of drug-likeness (QED) is 0.571. The molecule has 0 aliphatic heterocycles. The molecule has 0 spiro atoms. The second-order valence-corrected chi connectivity index (χ2v) is 7.33. The van der Waals surface area contributed by atoms with Gasteiger partial charge in [-0.15, -0.1) is 11.3 Å². The first kappa shape index (κ1) is 17.9. The van der Waals surface area contributed by atoms with Crippen molar-refractivity contribution >= 4 is 27.3 Å². The molecule has 0 atom stereocenters. The summed E-state index contributed by atoms with van der Waals surface area (Å²) in [6, 6.07) is 12.1. The van der Waals surface area contributed by atoms with Crippen molar-refractivity contribution < 1.29 is 9.47 Å². The lowest BCUT2D eigenvalue weighted by Crippen LogP contribution is -2.12. The van der Waals surface area contributed by atoms with Gasteiger partial charge in [-0.3, -0.25) is 4.98 Å². The molecule has 3 rings (SSSR count). The first-order chi connectivity index (χ1) is 12.3. The van der Waals surface area contributed by atoms with Crippen LogP contribution in [-0.4, -0.2) is 12.1 Å². The maximum absolute atomic E-state index is 5.93. The van der Waals surface area contributed by atoms with Crippen LogP contribution in [0, 0.1) is 0 Å². The molecule has 2 aromatic heterocycles. The van der Waals surface area contributed by atoms with E-state index in [-0.39, 0.29) is 0 Å². The molecule has 0 aliphatic rings. The van der Waals surface area contributed by atoms with E-state index in [9.17, 15) is 0 Å². The molecule has 0 fully saturated rings. The summed E-state index contributed by atoms with van der Waals surface area (Å²) in [4.78, 5) is 5.42. The topological polar surface area (TPSA) is 43.4 Å². The Bertz CT molecular complexity index is 795. The molecule has 25 heavy (non-hydrogen) atoms. The second-order valence-electron chi connectivity index (χ2n) is 5.44. The number of halogens is 1. The molecule has 0 aliphatic carbocycles. The SMILES string of the molecule is COc1cc(CNCc2cccs2)cc(Br)c1OCc1cccnc1. The van der Waals surface area contributed by atoms with Crippen molar-refractivity contribution in [2.24, 2.45) is 0 Å². The largest absolute Gasteiger partial charge is 0.493 e. The van der Waals surface area contributed by atoms with E-state index in [1.807, 2.05) is 18.2 Å². The average Bonchev–Trinajstić information content (AvgIpc) is 3.15. The van der Waals surface area contributed by atoms with Crippen LogP contribution < -0.4 is 14.8 Å². The Morgan fingerprint density at radius 3 is 2.80 bits per heavy atom. The highest BCUT2D eigenvalue weighted by Crippen LogP contribution is 2.37. The molecule has 1 aromatic carbocycles. The van der Waals surface area contributed by atoms with Gasteiger partial charge in [0.2, 0.25) is 0 Å². The molecule has 0 unspecified atom stereocenters. The molecular formula is C19H19BrN2O2S. The fourth-order valence-electron chi connectivity index (χ4n) is 2.40. The smallest absolute Gasteiger partial charge is 0.175 e. The van der Waals surface area contributed by atoms with Gasteiger partial charge in [0.05, 0.1) is 11.6 Å². The van der Waals surface area contributed by atoms with E-state index in [2.05, 4.69) is 49.8 Å². The van der Waals surface area contributed by atoms with Crippen molar-refractivity contribution in [3.63, 3.8) is 0 Å². The van der Waals surface area contributed by atoms with Gasteiger partial charge < -0.3 is 14.8 Å². The monoisotopic (exact) mass is 418 g/mol. The van der Waals surface area contributed by atoms with E-state index in [1.54, 1.807) is 30.8 Å². The van der Waals surface area contributed by atoms with Crippen molar-refractivity contribution in [2.45, 2.75) is 19.7 Å². The summed E-state index contributed by atoms with van der Waals surface area (Å²) in [5.74, 6) is 1.42. The summed E-state index contributed by atoms with van der Waals surface area (Å²) < 4.78 is 12.3. The summed E-state index contributed by atoms with van der Waals surface area (Å²) in [6.45, 7) is 2.06. The van der Waals surface area contributed by atoms with Gasteiger partial charge in [-0.2, -0.15) is 0 Å². The third kappa shape index (κ3) is 5.04. The number of aromatic nitrogens is 1. The average molecular weight is 419 g/mol. The fraction of sp³-hybridized carbons (Fsp3) is 0.211. The normalized spacial score (nSPS) is 10.6. The van der Waals surface area contributed by atoms with Crippen LogP contribution in [0.5, 0.6) is 11.5 Å². The van der Waals surface area contributed by atoms with Crippen LogP contribution in [0.15, 0.2) is 58.6 Å². The van der Waals surface area contributed by atoms with E-state index in [0.717, 1.165) is 28.7 Å². The van der Waals surface area contributed by atoms with Crippen molar-refractivity contribution in [1.29, 1.82) is 0 Å². The summed E-state index contributed by atoms with van der Waals surface area (Å²) >= 11 is 5.35. The summed E-state index contributed by atoms with van der Waals surface area (Å²) in [5, 5.41) is 5.53. The maximum atomic E-state index is 5.93. The number of hydrogen-bond donors (Lipinski definition) is 1. The Kier molecular flexibility index (Phi) is 6.44. The molecule has 6 heteroatoms. The summed E-state index contributed by atoms with van der Waals surface area (Å²) in [7, 11) is 1.65. The van der Waals surface area contributed by atoms with Crippen LogP contribution in [0.4, 0.5) is 0 Å². The first-order valence-electron chi connectivity index (χ1n) is 7.87. The molecule has 1 N–H and O–H groups in total. The predicted molar refractivity (Wildman–Crippen MR) is 104 cm³/mol. The number of ether oxygens (including phenoxy) is 2. The third-order valence-electron chi connectivity index (χ3n) is 3.60. The number of nitrogens with one attached hydrogen (secondary N) is 1. The van der Waals surface area contributed by atoms with Gasteiger partial charge in [0.25, 0.3) is 0 Å². The van der Waals surface area contributed by atoms with Gasteiger partial charge in [-0.05, 0) is 51.1 Å². The molecule has 3 aromatic rings. The first-order valence-corrected chi connectivity index (χ1v) is 9.54. The zero-order chi connectivity index (χ0) is 17.5. The highest BCUT2D eigenvalue weighted by molar-refractivity contribution is 9.10. The minimum atomic E-state index is 0.443. The van der Waals surface area contributed by atoms with Gasteiger partial charge >= 0.3 is 0 Å². The lowest BCUT2D eigenvalue weighted by Gasteiger charge is -2.14. The van der Waals surface area contributed by atoms with E-state index >= 15 is 0 Å². The van der Waals surface area contributed by atoms with Crippen LogP contribution in [0.2, 0.25) is 0 Å². The predicted octanol–water partition coefficient (Wildman–Crippen LogP) is 4.78. The number of thiophene rings is 1. The number of benzene rings is 1. The Morgan fingerprint density at radius 2 is 2.08 bits per heavy atom. The fourth-order valence-corrected chi connectivity index (χ4v) is 3.68. The third-order valence-corrected chi connectivity index (χ3v) is 5.07. The van der Waals surface area contributed by atoms with E-state index in [0.29, 0.717) is 18.1 Å². The van der Waals surface area contributed by atoms with Crippen LogP contribution in [0.3, 0.4) is 0 Å². The Balaban J connectivity index is 1.65. The minimum absolute atomic E-state index is 0.443. The Labute approximate surface area is 160 Å². The molecule has 0 bridgehead atoms. The molecule has 0 radical (unpaired) electrons. The summed E-state index contributed by atoms with van der Waals surface area (Å²) in [6.07, 6.45) is 3.54. The number of hydrogen-bond acceptors (Lipinski definition) is 5. The van der Waals surface area contributed by atoms with Crippen LogP contribution >= 0.6 is 27.3 Å². The van der Waals surface area contributed by atoms with Crippen molar-refractivity contribution in [1.82, 2.24) is 10.3 Å². The summed E-state index contributed by atoms with van der Waals surface area (Å²) in [5.41, 5.74) is 2.15. The zero-order valence-corrected chi connectivity index (χ0v) is 16.3. The number of rotatable bonds is 8. The van der Waals surface area contributed by atoms with Gasteiger partial charge in [0, 0.05) is 35.9 Å². The van der Waals surface area contributed by atoms with Crippen LogP contribution in [-0.2, 0) is 19.7 Å².